The van der Waals surface area contributed by atoms with Crippen LogP contribution in [0, 0.1) is 0 Å². The molecule has 1 heterocycles. The van der Waals surface area contributed by atoms with Gasteiger partial charge in [0, 0.05) is 18.8 Å². The van der Waals surface area contributed by atoms with Gasteiger partial charge in [0.05, 0.1) is 7.11 Å². The normalized spacial score (nSPS) is 10.2. The fourth-order valence-corrected chi connectivity index (χ4v) is 1.43. The zero-order valence-electron chi connectivity index (χ0n) is 7.32. The van der Waals surface area contributed by atoms with Crippen molar-refractivity contribution < 1.29 is 9.53 Å². The Hall–Kier alpha value is -1.29. The SMILES string of the molecule is COC(=O)/C=C/NCc1ccsc1. The van der Waals surface area contributed by atoms with Crippen molar-refractivity contribution >= 4 is 17.3 Å². The van der Waals surface area contributed by atoms with Gasteiger partial charge in [0.2, 0.25) is 0 Å². The fraction of sp³-hybridized carbons (Fsp3) is 0.222. The smallest absolute Gasteiger partial charge is 0.331 e. The van der Waals surface area contributed by atoms with E-state index in [0.717, 1.165) is 6.54 Å². The van der Waals surface area contributed by atoms with E-state index in [0.29, 0.717) is 0 Å². The molecule has 70 valence electrons. The zero-order valence-corrected chi connectivity index (χ0v) is 8.14. The lowest BCUT2D eigenvalue weighted by Crippen LogP contribution is -2.05. The Morgan fingerprint density at radius 2 is 2.62 bits per heavy atom. The van der Waals surface area contributed by atoms with Crippen molar-refractivity contribution in [3.05, 3.63) is 34.7 Å². The molecule has 0 spiro atoms. The van der Waals surface area contributed by atoms with Gasteiger partial charge >= 0.3 is 5.97 Å². The van der Waals surface area contributed by atoms with Crippen molar-refractivity contribution in [2.45, 2.75) is 6.54 Å². The number of rotatable bonds is 4. The maximum Gasteiger partial charge on any atom is 0.331 e. The second-order valence-electron chi connectivity index (χ2n) is 2.37. The summed E-state index contributed by atoms with van der Waals surface area (Å²) in [5.74, 6) is -0.349. The molecule has 0 unspecified atom stereocenters. The number of carbonyl (C=O) groups excluding carboxylic acids is 1. The minimum absolute atomic E-state index is 0.349. The second-order valence-corrected chi connectivity index (χ2v) is 3.15. The van der Waals surface area contributed by atoms with Gasteiger partial charge in [0.1, 0.15) is 0 Å². The predicted molar refractivity (Wildman–Crippen MR) is 52.3 cm³/mol. The van der Waals surface area contributed by atoms with Gasteiger partial charge in [-0.3, -0.25) is 0 Å². The molecule has 0 aromatic carbocycles. The third-order valence-corrected chi connectivity index (χ3v) is 2.16. The summed E-state index contributed by atoms with van der Waals surface area (Å²) in [6, 6.07) is 2.03. The van der Waals surface area contributed by atoms with Crippen LogP contribution in [0.25, 0.3) is 0 Å². The highest BCUT2D eigenvalue weighted by Crippen LogP contribution is 2.04. The van der Waals surface area contributed by atoms with Crippen LogP contribution in [0.4, 0.5) is 0 Å². The van der Waals surface area contributed by atoms with Gasteiger partial charge < -0.3 is 10.1 Å². The van der Waals surface area contributed by atoms with Crippen LogP contribution in [0.1, 0.15) is 5.56 Å². The third kappa shape index (κ3) is 3.75. The van der Waals surface area contributed by atoms with E-state index in [1.165, 1.54) is 18.7 Å². The summed E-state index contributed by atoms with van der Waals surface area (Å²) in [5.41, 5.74) is 1.21. The number of hydrogen-bond donors (Lipinski definition) is 1. The average molecular weight is 197 g/mol. The maximum absolute atomic E-state index is 10.6. The summed E-state index contributed by atoms with van der Waals surface area (Å²) >= 11 is 1.65. The average Bonchev–Trinajstić information content (AvgIpc) is 2.64. The molecule has 1 N–H and O–H groups in total. The Morgan fingerprint density at radius 3 is 3.23 bits per heavy atom. The lowest BCUT2D eigenvalue weighted by molar-refractivity contribution is -0.134. The first-order chi connectivity index (χ1) is 6.33. The van der Waals surface area contributed by atoms with E-state index in [9.17, 15) is 4.79 Å². The zero-order chi connectivity index (χ0) is 9.52. The Labute approximate surface area is 81.0 Å². The quantitative estimate of drug-likeness (QED) is 0.587. The number of hydrogen-bond acceptors (Lipinski definition) is 4. The third-order valence-electron chi connectivity index (χ3n) is 1.42. The highest BCUT2D eigenvalue weighted by molar-refractivity contribution is 7.07. The molecule has 0 amide bonds. The molecular formula is C9H11NO2S. The summed E-state index contributed by atoms with van der Waals surface area (Å²) in [6.45, 7) is 0.733. The number of thiophene rings is 1. The van der Waals surface area contributed by atoms with E-state index in [4.69, 9.17) is 0 Å². The van der Waals surface area contributed by atoms with Gasteiger partial charge in [-0.1, -0.05) is 0 Å². The number of methoxy groups -OCH3 is 1. The standard InChI is InChI=1S/C9H11NO2S/c1-12-9(11)2-4-10-6-8-3-5-13-7-8/h2-5,7,10H,6H2,1H3/b4-2+. The monoisotopic (exact) mass is 197 g/mol. The van der Waals surface area contributed by atoms with Crippen LogP contribution in [0.2, 0.25) is 0 Å². The van der Waals surface area contributed by atoms with Crippen molar-refractivity contribution in [2.75, 3.05) is 7.11 Å². The Kier molecular flexibility index (Phi) is 4.05. The topological polar surface area (TPSA) is 38.3 Å². The van der Waals surface area contributed by atoms with Crippen LogP contribution in [0.15, 0.2) is 29.1 Å². The van der Waals surface area contributed by atoms with E-state index in [2.05, 4.69) is 15.4 Å². The molecule has 1 rings (SSSR count). The van der Waals surface area contributed by atoms with Crippen molar-refractivity contribution in [3.63, 3.8) is 0 Å². The van der Waals surface area contributed by atoms with Crippen LogP contribution in [0.3, 0.4) is 0 Å². The molecule has 3 nitrogen and oxygen atoms in total. The molecule has 0 saturated heterocycles. The molecule has 0 fully saturated rings. The van der Waals surface area contributed by atoms with E-state index in [1.54, 1.807) is 17.5 Å². The number of nitrogens with one attached hydrogen (secondary N) is 1. The van der Waals surface area contributed by atoms with Crippen LogP contribution >= 0.6 is 11.3 Å². The van der Waals surface area contributed by atoms with Gasteiger partial charge in [-0.2, -0.15) is 11.3 Å². The first-order valence-corrected chi connectivity index (χ1v) is 4.76. The second kappa shape index (κ2) is 5.37. The molecule has 0 aliphatic rings. The summed E-state index contributed by atoms with van der Waals surface area (Å²) in [4.78, 5) is 10.6. The van der Waals surface area contributed by atoms with Crippen molar-refractivity contribution in [1.29, 1.82) is 0 Å². The van der Waals surface area contributed by atoms with Crippen LogP contribution < -0.4 is 5.32 Å². The van der Waals surface area contributed by atoms with E-state index >= 15 is 0 Å². The highest BCUT2D eigenvalue weighted by Gasteiger charge is 1.90. The minimum Gasteiger partial charge on any atom is -0.466 e. The van der Waals surface area contributed by atoms with Gasteiger partial charge in [0.15, 0.2) is 0 Å². The minimum atomic E-state index is -0.349. The van der Waals surface area contributed by atoms with E-state index in [1.807, 2.05) is 11.4 Å². The summed E-state index contributed by atoms with van der Waals surface area (Å²) < 4.78 is 4.42. The Bertz CT molecular complexity index is 280. The lowest BCUT2D eigenvalue weighted by atomic mass is 10.3. The molecule has 0 saturated carbocycles. The van der Waals surface area contributed by atoms with Crippen molar-refractivity contribution in [1.82, 2.24) is 5.32 Å². The van der Waals surface area contributed by atoms with Gasteiger partial charge in [-0.05, 0) is 22.4 Å². The van der Waals surface area contributed by atoms with E-state index in [-0.39, 0.29) is 5.97 Å². The molecule has 0 aliphatic heterocycles. The Balaban J connectivity index is 2.21. The molecule has 0 atom stereocenters. The first-order valence-electron chi connectivity index (χ1n) is 3.82. The lowest BCUT2D eigenvalue weighted by Gasteiger charge is -1.96. The number of esters is 1. The van der Waals surface area contributed by atoms with Gasteiger partial charge in [0.25, 0.3) is 0 Å². The summed E-state index contributed by atoms with van der Waals surface area (Å²) in [5, 5.41) is 7.05. The number of carbonyl (C=O) groups is 1. The van der Waals surface area contributed by atoms with Gasteiger partial charge in [-0.25, -0.2) is 4.79 Å². The molecular weight excluding hydrogens is 186 g/mol. The molecule has 0 radical (unpaired) electrons. The molecule has 13 heavy (non-hydrogen) atoms. The van der Waals surface area contributed by atoms with Crippen LogP contribution in [-0.2, 0) is 16.1 Å². The van der Waals surface area contributed by atoms with Crippen molar-refractivity contribution in [3.8, 4) is 0 Å². The van der Waals surface area contributed by atoms with Crippen LogP contribution in [-0.4, -0.2) is 13.1 Å². The molecule has 1 aromatic heterocycles. The van der Waals surface area contributed by atoms with E-state index < -0.39 is 0 Å². The fourth-order valence-electron chi connectivity index (χ4n) is 0.765. The molecule has 0 aliphatic carbocycles. The van der Waals surface area contributed by atoms with Crippen molar-refractivity contribution in [2.24, 2.45) is 0 Å². The largest absolute Gasteiger partial charge is 0.466 e. The Morgan fingerprint density at radius 1 is 1.77 bits per heavy atom. The molecule has 0 bridgehead atoms. The van der Waals surface area contributed by atoms with Gasteiger partial charge in [-0.15, -0.1) is 0 Å². The molecule has 4 heteroatoms. The predicted octanol–water partition coefficient (Wildman–Crippen LogP) is 1.52. The maximum atomic E-state index is 10.6. The highest BCUT2D eigenvalue weighted by atomic mass is 32.1. The summed E-state index contributed by atoms with van der Waals surface area (Å²) in [7, 11) is 1.35. The number of ether oxygens (including phenoxy) is 1. The summed E-state index contributed by atoms with van der Waals surface area (Å²) in [6.07, 6.45) is 2.94. The molecule has 1 aromatic rings. The van der Waals surface area contributed by atoms with Crippen LogP contribution in [0.5, 0.6) is 0 Å². The first kappa shape index (κ1) is 9.80.